The van der Waals surface area contributed by atoms with E-state index < -0.39 is 0 Å². The molecule has 1 aromatic heterocycles. The van der Waals surface area contributed by atoms with Crippen LogP contribution in [0.5, 0.6) is 0 Å². The zero-order valence-corrected chi connectivity index (χ0v) is 15.2. The van der Waals surface area contributed by atoms with Crippen LogP contribution in [0, 0.1) is 11.3 Å². The summed E-state index contributed by atoms with van der Waals surface area (Å²) < 4.78 is 0. The molecule has 144 valence electrons. The van der Waals surface area contributed by atoms with Gasteiger partial charge in [-0.2, -0.15) is 20.2 Å². The monoisotopic (exact) mass is 379 g/mol. The number of rotatable bonds is 4. The number of nitrogens with two attached hydrogens (primary N) is 2. The largest absolute Gasteiger partial charge is 0.394 e. The first kappa shape index (κ1) is 19.1. The van der Waals surface area contributed by atoms with Crippen LogP contribution in [-0.4, -0.2) is 46.2 Å². The molecule has 1 aromatic carbocycles. The van der Waals surface area contributed by atoms with Crippen molar-refractivity contribution in [3.8, 4) is 6.07 Å². The predicted molar refractivity (Wildman–Crippen MR) is 107 cm³/mol. The summed E-state index contributed by atoms with van der Waals surface area (Å²) in [5.74, 6) is 0.636. The lowest BCUT2D eigenvalue weighted by Gasteiger charge is -2.24. The van der Waals surface area contributed by atoms with Gasteiger partial charge in [-0.25, -0.2) is 4.98 Å². The molecule has 1 unspecified atom stereocenters. The number of nitrogens with one attached hydrogen (secondary N) is 1. The third kappa shape index (κ3) is 4.72. The van der Waals surface area contributed by atoms with Crippen LogP contribution in [0.1, 0.15) is 18.7 Å². The van der Waals surface area contributed by atoms with Crippen molar-refractivity contribution < 1.29 is 5.11 Å². The number of nitriles is 1. The predicted octanol–water partition coefficient (Wildman–Crippen LogP) is 0.682. The van der Waals surface area contributed by atoms with Crippen molar-refractivity contribution in [1.82, 2.24) is 9.97 Å². The molecule has 10 nitrogen and oxygen atoms in total. The lowest BCUT2D eigenvalue weighted by molar-refractivity contribution is 0.266. The zero-order valence-electron chi connectivity index (χ0n) is 15.2. The molecule has 10 heteroatoms. The Hall–Kier alpha value is -3.71. The highest BCUT2D eigenvalue weighted by Crippen LogP contribution is 2.26. The minimum Gasteiger partial charge on any atom is -0.394 e. The maximum atomic E-state index is 9.52. The third-order valence-corrected chi connectivity index (χ3v) is 4.19. The summed E-state index contributed by atoms with van der Waals surface area (Å²) in [6.07, 6.45) is 1.79. The van der Waals surface area contributed by atoms with E-state index in [1.54, 1.807) is 6.07 Å². The molecule has 1 aliphatic rings. The molecule has 1 atom stereocenters. The third-order valence-electron chi connectivity index (χ3n) is 4.19. The minimum absolute atomic E-state index is 0.0125. The van der Waals surface area contributed by atoms with Gasteiger partial charge in [-0.15, -0.1) is 0 Å². The van der Waals surface area contributed by atoms with E-state index in [2.05, 4.69) is 25.3 Å². The number of aliphatic imine (C=N–C) groups is 2. The average molecular weight is 379 g/mol. The summed E-state index contributed by atoms with van der Waals surface area (Å²) in [4.78, 5) is 18.3. The molecule has 28 heavy (non-hydrogen) atoms. The molecule has 1 saturated heterocycles. The van der Waals surface area contributed by atoms with Gasteiger partial charge in [0.2, 0.25) is 17.7 Å². The molecule has 2 aromatic rings. The number of aromatic nitrogens is 2. The van der Waals surface area contributed by atoms with Crippen molar-refractivity contribution in [2.45, 2.75) is 18.9 Å². The van der Waals surface area contributed by atoms with E-state index in [0.29, 0.717) is 5.82 Å². The molecule has 0 saturated carbocycles. The fraction of sp³-hybridized carbons (Fsp3) is 0.278. The maximum absolute atomic E-state index is 9.52. The molecule has 0 amide bonds. The van der Waals surface area contributed by atoms with Crippen LogP contribution < -0.4 is 21.7 Å². The Bertz CT molecular complexity index is 920. The molecule has 1 fully saturated rings. The first-order valence-corrected chi connectivity index (χ1v) is 8.76. The maximum Gasteiger partial charge on any atom is 0.236 e. The van der Waals surface area contributed by atoms with Gasteiger partial charge in [0.05, 0.1) is 12.6 Å². The van der Waals surface area contributed by atoms with Crippen LogP contribution in [-0.2, 0) is 0 Å². The second-order valence-electron chi connectivity index (χ2n) is 6.15. The number of anilines is 2. The van der Waals surface area contributed by atoms with Crippen LogP contribution in [0.4, 0.5) is 17.3 Å². The number of benzene rings is 1. The number of aliphatic hydroxyl groups excluding tert-OH is 1. The van der Waals surface area contributed by atoms with Crippen molar-refractivity contribution in [2.24, 2.45) is 21.5 Å². The molecule has 2 heterocycles. The van der Waals surface area contributed by atoms with Crippen molar-refractivity contribution in [1.29, 1.82) is 5.26 Å². The Labute approximate surface area is 162 Å². The number of guanidine groups is 2. The number of hydrogen-bond donors (Lipinski definition) is 4. The molecule has 0 bridgehead atoms. The van der Waals surface area contributed by atoms with Crippen LogP contribution >= 0.6 is 0 Å². The number of hydrogen-bond acceptors (Lipinski definition) is 6. The van der Waals surface area contributed by atoms with E-state index in [1.807, 2.05) is 41.3 Å². The van der Waals surface area contributed by atoms with Gasteiger partial charge in [-0.1, -0.05) is 18.2 Å². The van der Waals surface area contributed by atoms with Crippen molar-refractivity contribution in [3.63, 3.8) is 0 Å². The standard InChI is InChI=1S/C18H21N9O/c19-10-15-23-14(9-16(24-15)27-8-4-7-13(27)11-28)25-18(21)26-17(20)22-12-5-2-1-3-6-12/h1-3,5-6,9,13,28H,4,7-8,11H2,(H5,20,21,22,23,24,25,26). The topological polar surface area (TPSA) is 162 Å². The summed E-state index contributed by atoms with van der Waals surface area (Å²) in [5, 5.41) is 21.6. The quantitative estimate of drug-likeness (QED) is 0.445. The fourth-order valence-corrected chi connectivity index (χ4v) is 2.97. The average Bonchev–Trinajstić information content (AvgIpc) is 3.17. The zero-order chi connectivity index (χ0) is 19.9. The minimum atomic E-state index is -0.116. The van der Waals surface area contributed by atoms with Gasteiger partial charge in [0.25, 0.3) is 0 Å². The molecule has 0 spiro atoms. The second kappa shape index (κ2) is 8.79. The van der Waals surface area contributed by atoms with Gasteiger partial charge < -0.3 is 26.8 Å². The first-order valence-electron chi connectivity index (χ1n) is 8.76. The van der Waals surface area contributed by atoms with Gasteiger partial charge in [0.15, 0.2) is 5.82 Å². The van der Waals surface area contributed by atoms with Crippen LogP contribution in [0.15, 0.2) is 46.4 Å². The van der Waals surface area contributed by atoms with E-state index in [1.165, 1.54) is 0 Å². The van der Waals surface area contributed by atoms with E-state index in [4.69, 9.17) is 11.5 Å². The van der Waals surface area contributed by atoms with E-state index >= 15 is 0 Å². The van der Waals surface area contributed by atoms with Gasteiger partial charge in [-0.05, 0) is 25.0 Å². The van der Waals surface area contributed by atoms with Gasteiger partial charge in [0.1, 0.15) is 11.9 Å². The van der Waals surface area contributed by atoms with Crippen LogP contribution in [0.3, 0.4) is 0 Å². The Morgan fingerprint density at radius 3 is 2.82 bits per heavy atom. The van der Waals surface area contributed by atoms with Gasteiger partial charge in [-0.3, -0.25) is 0 Å². The van der Waals surface area contributed by atoms with Crippen molar-refractivity contribution >= 4 is 29.2 Å². The molecular formula is C18H21N9O. The summed E-state index contributed by atoms with van der Waals surface area (Å²) in [6.45, 7) is 0.746. The highest BCUT2D eigenvalue weighted by Gasteiger charge is 2.25. The summed E-state index contributed by atoms with van der Waals surface area (Å²) in [6, 6.07) is 12.7. The number of aliphatic hydroxyl groups is 1. The Kier molecular flexibility index (Phi) is 5.98. The highest BCUT2D eigenvalue weighted by atomic mass is 16.3. The van der Waals surface area contributed by atoms with E-state index in [0.717, 1.165) is 25.1 Å². The number of nitrogens with zero attached hydrogens (tertiary/aromatic N) is 6. The first-order chi connectivity index (χ1) is 13.6. The van der Waals surface area contributed by atoms with Crippen molar-refractivity contribution in [2.75, 3.05) is 23.4 Å². The number of para-hydroxylation sites is 1. The van der Waals surface area contributed by atoms with E-state index in [-0.39, 0.29) is 36.2 Å². The van der Waals surface area contributed by atoms with Crippen molar-refractivity contribution in [3.05, 3.63) is 42.2 Å². The lowest BCUT2D eigenvalue weighted by atomic mass is 10.2. The molecule has 0 aliphatic carbocycles. The summed E-state index contributed by atoms with van der Waals surface area (Å²) in [5.41, 5.74) is 12.5. The second-order valence-corrected chi connectivity index (χ2v) is 6.15. The molecule has 3 rings (SSSR count). The molecular weight excluding hydrogens is 358 g/mol. The van der Waals surface area contributed by atoms with Gasteiger partial charge in [0, 0.05) is 18.3 Å². The highest BCUT2D eigenvalue weighted by molar-refractivity contribution is 6.01. The van der Waals surface area contributed by atoms with Gasteiger partial charge >= 0.3 is 0 Å². The molecule has 0 radical (unpaired) electrons. The van der Waals surface area contributed by atoms with Crippen LogP contribution in [0.25, 0.3) is 0 Å². The SMILES string of the molecule is N#Cc1nc(/N=C(N)/N=C(\N)Nc2ccccc2)cc(N2CCCC2CO)n1. The Morgan fingerprint density at radius 2 is 2.11 bits per heavy atom. The summed E-state index contributed by atoms with van der Waals surface area (Å²) >= 11 is 0. The molecule has 1 aliphatic heterocycles. The normalized spacial score (nSPS) is 17.4. The Balaban J connectivity index is 1.83. The smallest absolute Gasteiger partial charge is 0.236 e. The lowest BCUT2D eigenvalue weighted by Crippen LogP contribution is -2.32. The fourth-order valence-electron chi connectivity index (χ4n) is 2.97. The van der Waals surface area contributed by atoms with Crippen LogP contribution in [0.2, 0.25) is 0 Å². The molecule has 6 N–H and O–H groups in total. The summed E-state index contributed by atoms with van der Waals surface area (Å²) in [7, 11) is 0. The van der Waals surface area contributed by atoms with E-state index in [9.17, 15) is 10.4 Å². The Morgan fingerprint density at radius 1 is 1.32 bits per heavy atom.